The fraction of sp³-hybridized carbons (Fsp3) is 0.923. The number of halogens is 1. The Bertz CT molecular complexity index is 430. The number of hydrogen-bond donors (Lipinski definition) is 3. The first-order valence-corrected chi connectivity index (χ1v) is 8.10. The summed E-state index contributed by atoms with van der Waals surface area (Å²) in [5, 5.41) is 33.3. The van der Waals surface area contributed by atoms with Crippen LogP contribution in [0.2, 0.25) is 0 Å². The number of nitrogens with zero attached hydrogens (tertiary/aromatic N) is 3. The maximum absolute atomic E-state index is 12.1. The van der Waals surface area contributed by atoms with E-state index in [4.69, 9.17) is 21.1 Å². The van der Waals surface area contributed by atoms with E-state index in [2.05, 4.69) is 5.29 Å². The molecule has 1 heterocycles. The molecule has 3 N–H and O–H groups in total. The van der Waals surface area contributed by atoms with E-state index in [1.807, 2.05) is 6.92 Å². The highest BCUT2D eigenvalue weighted by molar-refractivity contribution is 6.18. The SMILES string of the molecule is CCC(C)O[C@@H]1O[C@H](C(O)N(C)C(=O)N(CCCl)N=O)[C@@H](O)[C@H]1O. The molecule has 0 aliphatic carbocycles. The van der Waals surface area contributed by atoms with Gasteiger partial charge in [0.25, 0.3) is 0 Å². The maximum Gasteiger partial charge on any atom is 0.344 e. The molecule has 0 aromatic rings. The third kappa shape index (κ3) is 4.74. The lowest BCUT2D eigenvalue weighted by Crippen LogP contribution is -2.52. The molecule has 1 aliphatic rings. The van der Waals surface area contributed by atoms with Crippen LogP contribution in [0.4, 0.5) is 4.79 Å². The first-order chi connectivity index (χ1) is 11.3. The van der Waals surface area contributed by atoms with Crippen molar-refractivity contribution in [3.63, 3.8) is 0 Å². The highest BCUT2D eigenvalue weighted by Gasteiger charge is 2.49. The molecule has 0 aromatic heterocycles. The zero-order chi connectivity index (χ0) is 18.4. The number of rotatable bonds is 8. The molecule has 1 fully saturated rings. The molecule has 0 aromatic carbocycles. The van der Waals surface area contributed by atoms with Crippen molar-refractivity contribution >= 4 is 17.6 Å². The molecular weight excluding hydrogens is 346 g/mol. The summed E-state index contributed by atoms with van der Waals surface area (Å²) < 4.78 is 10.8. The molecule has 2 unspecified atom stereocenters. The van der Waals surface area contributed by atoms with Gasteiger partial charge in [0.2, 0.25) is 0 Å². The smallest absolute Gasteiger partial charge is 0.344 e. The Balaban J connectivity index is 2.77. The first kappa shape index (κ1) is 21.0. The fourth-order valence-electron chi connectivity index (χ4n) is 2.12. The molecule has 24 heavy (non-hydrogen) atoms. The number of nitroso groups, excluding NO2 is 1. The largest absolute Gasteiger partial charge is 0.387 e. The van der Waals surface area contributed by atoms with Crippen molar-refractivity contribution in [2.75, 3.05) is 19.5 Å². The first-order valence-electron chi connectivity index (χ1n) is 7.57. The van der Waals surface area contributed by atoms with Crippen molar-refractivity contribution in [3.05, 3.63) is 4.91 Å². The number of amides is 2. The van der Waals surface area contributed by atoms with E-state index in [1.165, 1.54) is 7.05 Å². The minimum atomic E-state index is -1.63. The zero-order valence-electron chi connectivity index (χ0n) is 13.8. The molecular formula is C13H24ClN3O7. The quantitative estimate of drug-likeness (QED) is 0.234. The highest BCUT2D eigenvalue weighted by atomic mass is 35.5. The van der Waals surface area contributed by atoms with E-state index in [1.54, 1.807) is 6.92 Å². The third-order valence-electron chi connectivity index (χ3n) is 3.81. The van der Waals surface area contributed by atoms with E-state index in [-0.39, 0.29) is 18.5 Å². The molecule has 140 valence electrons. The van der Waals surface area contributed by atoms with Gasteiger partial charge in [0, 0.05) is 12.9 Å². The van der Waals surface area contributed by atoms with Gasteiger partial charge in [-0.2, -0.15) is 5.01 Å². The van der Waals surface area contributed by atoms with E-state index in [9.17, 15) is 25.0 Å². The van der Waals surface area contributed by atoms with Crippen LogP contribution in [0, 0.1) is 4.91 Å². The Morgan fingerprint density at radius 3 is 2.54 bits per heavy atom. The molecule has 0 spiro atoms. The van der Waals surface area contributed by atoms with Crippen LogP contribution in [0.3, 0.4) is 0 Å². The second kappa shape index (κ2) is 9.44. The summed E-state index contributed by atoms with van der Waals surface area (Å²) >= 11 is 5.47. The van der Waals surface area contributed by atoms with Gasteiger partial charge in [-0.1, -0.05) is 6.92 Å². The minimum absolute atomic E-state index is 0.0203. The van der Waals surface area contributed by atoms with Crippen LogP contribution in [0.5, 0.6) is 0 Å². The van der Waals surface area contributed by atoms with Gasteiger partial charge in [0.05, 0.1) is 17.9 Å². The van der Waals surface area contributed by atoms with Gasteiger partial charge in [-0.15, -0.1) is 16.5 Å². The minimum Gasteiger partial charge on any atom is -0.387 e. The van der Waals surface area contributed by atoms with Crippen LogP contribution in [0.25, 0.3) is 0 Å². The average molecular weight is 370 g/mol. The normalized spacial score (nSPS) is 29.1. The van der Waals surface area contributed by atoms with Gasteiger partial charge in [0.1, 0.15) is 18.3 Å². The number of carbonyl (C=O) groups excluding carboxylic acids is 1. The molecule has 0 saturated carbocycles. The number of urea groups is 1. The highest BCUT2D eigenvalue weighted by Crippen LogP contribution is 2.27. The summed E-state index contributed by atoms with van der Waals surface area (Å²) in [6.45, 7) is 3.50. The van der Waals surface area contributed by atoms with Gasteiger partial charge in [0.15, 0.2) is 12.5 Å². The Morgan fingerprint density at radius 2 is 2.04 bits per heavy atom. The Kier molecular flexibility index (Phi) is 8.27. The van der Waals surface area contributed by atoms with Crippen LogP contribution in [-0.2, 0) is 9.47 Å². The molecule has 1 aliphatic heterocycles. The second-order valence-corrected chi connectivity index (χ2v) is 5.88. The van der Waals surface area contributed by atoms with E-state index in [0.717, 1.165) is 4.90 Å². The Labute approximate surface area is 144 Å². The number of ether oxygens (including phenoxy) is 2. The molecule has 10 nitrogen and oxygen atoms in total. The summed E-state index contributed by atoms with van der Waals surface area (Å²) in [7, 11) is 1.20. The summed E-state index contributed by atoms with van der Waals surface area (Å²) in [5.41, 5.74) is 0. The monoisotopic (exact) mass is 369 g/mol. The lowest BCUT2D eigenvalue weighted by molar-refractivity contribution is -0.205. The molecule has 2 amide bonds. The lowest BCUT2D eigenvalue weighted by Gasteiger charge is -2.30. The molecule has 1 saturated heterocycles. The predicted octanol–water partition coefficient (Wildman–Crippen LogP) is -0.159. The van der Waals surface area contributed by atoms with E-state index < -0.39 is 36.9 Å². The number of aliphatic hydroxyl groups is 3. The molecule has 1 rings (SSSR count). The van der Waals surface area contributed by atoms with Gasteiger partial charge < -0.3 is 24.8 Å². The van der Waals surface area contributed by atoms with Crippen LogP contribution in [0.15, 0.2) is 5.29 Å². The number of likely N-dealkylation sites (N-methyl/N-ethyl adjacent to an activating group) is 1. The number of alkyl halides is 1. The topological polar surface area (TPSA) is 132 Å². The van der Waals surface area contributed by atoms with E-state index in [0.29, 0.717) is 11.4 Å². The number of aliphatic hydroxyl groups excluding tert-OH is 3. The van der Waals surface area contributed by atoms with Gasteiger partial charge in [-0.25, -0.2) is 4.79 Å². The van der Waals surface area contributed by atoms with Crippen molar-refractivity contribution in [1.82, 2.24) is 9.91 Å². The second-order valence-electron chi connectivity index (χ2n) is 5.51. The lowest BCUT2D eigenvalue weighted by atomic mass is 10.1. The van der Waals surface area contributed by atoms with E-state index >= 15 is 0 Å². The van der Waals surface area contributed by atoms with Crippen molar-refractivity contribution in [2.24, 2.45) is 5.29 Å². The summed E-state index contributed by atoms with van der Waals surface area (Å²) in [5.74, 6) is -0.0203. The molecule has 0 radical (unpaired) electrons. The predicted molar refractivity (Wildman–Crippen MR) is 83.9 cm³/mol. The summed E-state index contributed by atoms with van der Waals surface area (Å²) in [4.78, 5) is 23.5. The van der Waals surface area contributed by atoms with Crippen molar-refractivity contribution in [1.29, 1.82) is 0 Å². The maximum atomic E-state index is 12.1. The Morgan fingerprint density at radius 1 is 1.42 bits per heavy atom. The van der Waals surface area contributed by atoms with Gasteiger partial charge >= 0.3 is 6.03 Å². The van der Waals surface area contributed by atoms with Gasteiger partial charge in [-0.05, 0) is 13.3 Å². The van der Waals surface area contributed by atoms with Crippen molar-refractivity contribution < 1.29 is 29.6 Å². The van der Waals surface area contributed by atoms with Crippen molar-refractivity contribution in [3.8, 4) is 0 Å². The van der Waals surface area contributed by atoms with Gasteiger partial charge in [-0.3, -0.25) is 4.90 Å². The standard InChI is InChI=1S/C13H24ClN3O7/c1-4-7(2)23-12-9(19)8(18)10(24-12)11(20)16(3)13(21)17(15-22)6-5-14/h7-12,18-20H,4-6H2,1-3H3/t7?,8-,9+,10-,11?,12+/m0/s1. The van der Waals surface area contributed by atoms with Crippen LogP contribution in [0.1, 0.15) is 20.3 Å². The van der Waals surface area contributed by atoms with Crippen LogP contribution in [-0.4, -0.2) is 87.7 Å². The molecule has 11 heteroatoms. The molecule has 6 atom stereocenters. The summed E-state index contributed by atoms with van der Waals surface area (Å²) in [6, 6.07) is -0.922. The average Bonchev–Trinajstić information content (AvgIpc) is 2.85. The third-order valence-corrected chi connectivity index (χ3v) is 3.98. The number of carbonyl (C=O) groups is 1. The van der Waals surface area contributed by atoms with Crippen LogP contribution >= 0.6 is 11.6 Å². The summed E-state index contributed by atoms with van der Waals surface area (Å²) in [6.07, 6.45) is -6.51. The fourth-order valence-corrected chi connectivity index (χ4v) is 2.28. The van der Waals surface area contributed by atoms with Crippen molar-refractivity contribution in [2.45, 2.75) is 57.2 Å². The number of hydrogen-bond acceptors (Lipinski definition) is 8. The molecule has 0 bridgehead atoms. The zero-order valence-corrected chi connectivity index (χ0v) is 14.5. The Hall–Kier alpha value is -1.04. The van der Waals surface area contributed by atoms with Crippen LogP contribution < -0.4 is 0 Å².